The van der Waals surface area contributed by atoms with Crippen LogP contribution in [-0.4, -0.2) is 63.8 Å². The van der Waals surface area contributed by atoms with Crippen LogP contribution in [0.4, 0.5) is 29.3 Å². The Hall–Kier alpha value is -3.44. The van der Waals surface area contributed by atoms with Crippen molar-refractivity contribution in [1.82, 2.24) is 19.8 Å². The molecule has 2 amide bonds. The van der Waals surface area contributed by atoms with Gasteiger partial charge in [0.25, 0.3) is 5.91 Å². The number of fused-ring (bicyclic) bond motifs is 1. The first-order valence-electron chi connectivity index (χ1n) is 11.7. The van der Waals surface area contributed by atoms with Gasteiger partial charge in [0.05, 0.1) is 18.2 Å². The average molecular weight is 509 g/mol. The summed E-state index contributed by atoms with van der Waals surface area (Å²) < 4.78 is 53.1. The number of rotatable bonds is 5. The predicted octanol–water partition coefficient (Wildman–Crippen LogP) is 3.84. The Bertz CT molecular complexity index is 1180. The summed E-state index contributed by atoms with van der Waals surface area (Å²) in [5.41, 5.74) is -0.184. The summed E-state index contributed by atoms with van der Waals surface area (Å²) in [7, 11) is 0. The van der Waals surface area contributed by atoms with Crippen LogP contribution in [0.5, 0.6) is 0 Å². The maximum atomic E-state index is 14.2. The van der Waals surface area contributed by atoms with E-state index in [4.69, 9.17) is 0 Å². The second kappa shape index (κ2) is 9.55. The lowest BCUT2D eigenvalue weighted by atomic mass is 10.0. The number of alkyl halides is 3. The normalized spacial score (nSPS) is 17.0. The summed E-state index contributed by atoms with van der Waals surface area (Å²) in [6, 6.07) is 2.11. The number of carbonyl (C=O) groups is 2. The van der Waals surface area contributed by atoms with Crippen LogP contribution in [0.2, 0.25) is 0 Å². The van der Waals surface area contributed by atoms with Gasteiger partial charge < -0.3 is 20.0 Å². The van der Waals surface area contributed by atoms with Crippen molar-refractivity contribution in [2.75, 3.05) is 36.4 Å². The molecule has 12 heteroatoms. The number of nitrogens with zero attached hydrogens (tertiary/aromatic N) is 5. The lowest BCUT2D eigenvalue weighted by Gasteiger charge is -2.34. The van der Waals surface area contributed by atoms with Crippen molar-refractivity contribution in [3.8, 4) is 0 Å². The number of halogens is 4. The molecule has 4 rings (SSSR count). The van der Waals surface area contributed by atoms with Gasteiger partial charge in [-0.25, -0.2) is 9.37 Å². The molecule has 0 spiro atoms. The topological polar surface area (TPSA) is 81.7 Å². The first-order valence-corrected chi connectivity index (χ1v) is 11.7. The molecule has 0 unspecified atom stereocenters. The number of hydrogen-bond acceptors (Lipinski definition) is 6. The maximum Gasteiger partial charge on any atom is 0.419 e. The fourth-order valence-electron chi connectivity index (χ4n) is 4.40. The lowest BCUT2D eigenvalue weighted by Crippen LogP contribution is -2.48. The van der Waals surface area contributed by atoms with Crippen LogP contribution in [0, 0.1) is 5.82 Å². The molecule has 1 aromatic carbocycles. The molecular formula is C24H28F4N6O2. The van der Waals surface area contributed by atoms with Crippen LogP contribution in [0.15, 0.2) is 18.2 Å². The number of anilines is 2. The van der Waals surface area contributed by atoms with Crippen LogP contribution in [0.25, 0.3) is 0 Å². The van der Waals surface area contributed by atoms with Gasteiger partial charge in [-0.1, -0.05) is 6.07 Å². The van der Waals surface area contributed by atoms with E-state index in [0.717, 1.165) is 12.1 Å². The lowest BCUT2D eigenvalue weighted by molar-refractivity contribution is -0.140. The second-order valence-electron chi connectivity index (χ2n) is 9.32. The van der Waals surface area contributed by atoms with Gasteiger partial charge in [-0.05, 0) is 38.5 Å². The van der Waals surface area contributed by atoms with E-state index in [1.54, 1.807) is 16.7 Å². The summed E-state index contributed by atoms with van der Waals surface area (Å²) in [5.74, 6) is -0.918. The Morgan fingerprint density at radius 3 is 2.31 bits per heavy atom. The monoisotopic (exact) mass is 508 g/mol. The Balaban J connectivity index is 1.66. The molecule has 3 heterocycles. The second-order valence-corrected chi connectivity index (χ2v) is 9.32. The molecule has 2 aliphatic heterocycles. The fraction of sp³-hybridized carbons (Fsp3) is 0.500. The van der Waals surface area contributed by atoms with Crippen LogP contribution in [0.1, 0.15) is 60.9 Å². The van der Waals surface area contributed by atoms with Crippen molar-refractivity contribution in [3.05, 3.63) is 46.4 Å². The average Bonchev–Trinajstić information content (AvgIpc) is 3.15. The number of piperazine rings is 1. The van der Waals surface area contributed by atoms with Gasteiger partial charge in [0, 0.05) is 44.7 Å². The van der Waals surface area contributed by atoms with E-state index in [1.165, 1.54) is 13.0 Å². The minimum absolute atomic E-state index is 0.0211. The number of nitrogens with one attached hydrogen (secondary N) is 1. The molecule has 36 heavy (non-hydrogen) atoms. The van der Waals surface area contributed by atoms with E-state index >= 15 is 0 Å². The highest BCUT2D eigenvalue weighted by molar-refractivity contribution is 5.98. The van der Waals surface area contributed by atoms with Crippen molar-refractivity contribution >= 4 is 23.6 Å². The molecular weight excluding hydrogens is 480 g/mol. The molecule has 2 aromatic rings. The highest BCUT2D eigenvalue weighted by atomic mass is 19.4. The van der Waals surface area contributed by atoms with Crippen molar-refractivity contribution in [3.63, 3.8) is 0 Å². The van der Waals surface area contributed by atoms with Gasteiger partial charge in [-0.3, -0.25) is 9.59 Å². The number of amides is 2. The van der Waals surface area contributed by atoms with E-state index in [0.29, 0.717) is 49.1 Å². The minimum atomic E-state index is -4.78. The highest BCUT2D eigenvalue weighted by Gasteiger charge is 2.36. The minimum Gasteiger partial charge on any atom is -0.363 e. The smallest absolute Gasteiger partial charge is 0.363 e. The van der Waals surface area contributed by atoms with Gasteiger partial charge in [0.1, 0.15) is 17.3 Å². The summed E-state index contributed by atoms with van der Waals surface area (Å²) in [5, 5.41) is 3.16. The summed E-state index contributed by atoms with van der Waals surface area (Å²) in [6.45, 7) is 9.20. The van der Waals surface area contributed by atoms with Crippen LogP contribution >= 0.6 is 0 Å². The van der Waals surface area contributed by atoms with Gasteiger partial charge in [0.2, 0.25) is 11.9 Å². The molecule has 0 saturated carbocycles. The number of aromatic nitrogens is 2. The van der Waals surface area contributed by atoms with E-state index in [-0.39, 0.29) is 30.1 Å². The zero-order chi connectivity index (χ0) is 26.4. The number of hydrogen-bond donors (Lipinski definition) is 1. The van der Waals surface area contributed by atoms with Gasteiger partial charge in [0.15, 0.2) is 0 Å². The molecule has 1 fully saturated rings. The Labute approximate surface area is 206 Å². The maximum absolute atomic E-state index is 14.2. The molecule has 1 aromatic heterocycles. The number of benzene rings is 1. The third-order valence-electron chi connectivity index (χ3n) is 6.57. The first kappa shape index (κ1) is 25.6. The van der Waals surface area contributed by atoms with Crippen molar-refractivity contribution in [2.45, 2.75) is 52.5 Å². The van der Waals surface area contributed by atoms with E-state index in [2.05, 4.69) is 15.3 Å². The summed E-state index contributed by atoms with van der Waals surface area (Å²) >= 11 is 0. The molecule has 2 aliphatic rings. The Kier molecular flexibility index (Phi) is 6.80. The molecule has 1 N–H and O–H groups in total. The molecule has 0 bridgehead atoms. The van der Waals surface area contributed by atoms with Gasteiger partial charge in [-0.2, -0.15) is 18.2 Å². The third-order valence-corrected chi connectivity index (χ3v) is 6.57. The van der Waals surface area contributed by atoms with Crippen molar-refractivity contribution in [1.29, 1.82) is 0 Å². The Morgan fingerprint density at radius 2 is 1.75 bits per heavy atom. The quantitative estimate of drug-likeness (QED) is 0.619. The molecule has 0 aliphatic carbocycles. The predicted molar refractivity (Wildman–Crippen MR) is 125 cm³/mol. The summed E-state index contributed by atoms with van der Waals surface area (Å²) in [4.78, 5) is 39.2. The molecule has 194 valence electrons. The van der Waals surface area contributed by atoms with Gasteiger partial charge >= 0.3 is 6.18 Å². The summed E-state index contributed by atoms with van der Waals surface area (Å²) in [6.07, 6.45) is -4.78. The first-order chi connectivity index (χ1) is 16.9. The SMILES string of the molecule is CC(=O)N1CCN(c2nc(N[C@H](C)c3ccc(C(F)(F)F)c(F)c3)c3c(n2)C(=O)N(C(C)C)C3)CC1. The largest absolute Gasteiger partial charge is 0.419 e. The van der Waals surface area contributed by atoms with Crippen LogP contribution in [0.3, 0.4) is 0 Å². The van der Waals surface area contributed by atoms with E-state index in [1.807, 2.05) is 18.7 Å². The van der Waals surface area contributed by atoms with E-state index < -0.39 is 23.6 Å². The van der Waals surface area contributed by atoms with Crippen molar-refractivity contribution < 1.29 is 27.2 Å². The fourth-order valence-corrected chi connectivity index (χ4v) is 4.40. The van der Waals surface area contributed by atoms with E-state index in [9.17, 15) is 27.2 Å². The highest BCUT2D eigenvalue weighted by Crippen LogP contribution is 2.35. The molecule has 0 radical (unpaired) electrons. The molecule has 8 nitrogen and oxygen atoms in total. The third kappa shape index (κ3) is 4.93. The molecule has 1 atom stereocenters. The van der Waals surface area contributed by atoms with Crippen molar-refractivity contribution in [2.24, 2.45) is 0 Å². The standard InChI is InChI=1S/C24H28F4N6O2/c1-13(2)34-12-17-20(22(34)36)30-23(33-9-7-32(8-10-33)15(4)35)31-21(17)29-14(3)16-5-6-18(19(25)11-16)24(26,27)28/h5-6,11,13-14H,7-10,12H2,1-4H3,(H,29,30,31)/t14-/m1/s1. The molecule has 1 saturated heterocycles. The zero-order valence-electron chi connectivity index (χ0n) is 20.5. The van der Waals surface area contributed by atoms with Crippen LogP contribution < -0.4 is 10.2 Å². The van der Waals surface area contributed by atoms with Gasteiger partial charge in [-0.15, -0.1) is 0 Å². The Morgan fingerprint density at radius 1 is 1.08 bits per heavy atom. The number of carbonyl (C=O) groups excluding carboxylic acids is 2. The zero-order valence-corrected chi connectivity index (χ0v) is 20.5. The van der Waals surface area contributed by atoms with Crippen LogP contribution in [-0.2, 0) is 17.5 Å².